The molecule has 1 atom stereocenters. The van der Waals surface area contributed by atoms with Crippen molar-refractivity contribution in [1.82, 2.24) is 5.32 Å². The van der Waals surface area contributed by atoms with Gasteiger partial charge in [0.15, 0.2) is 9.84 Å². The van der Waals surface area contributed by atoms with Gasteiger partial charge in [-0.3, -0.25) is 4.79 Å². The second-order valence-corrected chi connectivity index (χ2v) is 6.52. The molecule has 0 aliphatic carbocycles. The number of carbonyl (C=O) groups is 1. The largest absolute Gasteiger partial charge is 0.353 e. The predicted octanol–water partition coefficient (Wildman–Crippen LogP) is 2.03. The molecule has 0 aromatic heterocycles. The summed E-state index contributed by atoms with van der Waals surface area (Å²) in [5.74, 6) is -1.03. The zero-order chi connectivity index (χ0) is 13.8. The van der Waals surface area contributed by atoms with E-state index in [1.54, 1.807) is 0 Å². The Labute approximate surface area is 112 Å². The van der Waals surface area contributed by atoms with Crippen molar-refractivity contribution in [2.75, 3.05) is 5.75 Å². The molecular formula is C12H16ClNO3S. The van der Waals surface area contributed by atoms with E-state index < -0.39 is 21.5 Å². The lowest BCUT2D eigenvalue weighted by atomic mass is 10.3. The first-order valence-electron chi connectivity index (χ1n) is 5.63. The number of halogens is 1. The van der Waals surface area contributed by atoms with Gasteiger partial charge in [-0.25, -0.2) is 8.42 Å². The van der Waals surface area contributed by atoms with Crippen LogP contribution < -0.4 is 5.32 Å². The van der Waals surface area contributed by atoms with Crippen LogP contribution in [0.4, 0.5) is 0 Å². The summed E-state index contributed by atoms with van der Waals surface area (Å²) in [5, 5.41) is 3.08. The third-order valence-electron chi connectivity index (χ3n) is 2.51. The minimum atomic E-state index is -3.60. The van der Waals surface area contributed by atoms with E-state index in [0.717, 1.165) is 6.42 Å². The number of hydrogen-bond donors (Lipinski definition) is 1. The average molecular weight is 290 g/mol. The fraction of sp³-hybridized carbons (Fsp3) is 0.417. The number of hydrogen-bond acceptors (Lipinski definition) is 3. The van der Waals surface area contributed by atoms with E-state index in [4.69, 9.17) is 11.6 Å². The van der Waals surface area contributed by atoms with E-state index >= 15 is 0 Å². The minimum absolute atomic E-state index is 0.0297. The number of nitrogens with one attached hydrogen (secondary N) is 1. The third kappa shape index (κ3) is 4.31. The standard InChI is InChI=1S/C12H16ClNO3S/c1-3-9(2)14-12(15)8-18(16,17)11-6-4-10(13)5-7-11/h4-7,9H,3,8H2,1-2H3,(H,14,15)/t9-/m0/s1. The van der Waals surface area contributed by atoms with Crippen LogP contribution >= 0.6 is 11.6 Å². The SMILES string of the molecule is CC[C@H](C)NC(=O)CS(=O)(=O)c1ccc(Cl)cc1. The van der Waals surface area contributed by atoms with Crippen molar-refractivity contribution >= 4 is 27.3 Å². The lowest BCUT2D eigenvalue weighted by molar-refractivity contribution is -0.119. The number of benzene rings is 1. The van der Waals surface area contributed by atoms with Gasteiger partial charge in [0.25, 0.3) is 0 Å². The molecule has 0 saturated carbocycles. The summed E-state index contributed by atoms with van der Waals surface area (Å²) in [5.41, 5.74) is 0. The molecule has 0 heterocycles. The topological polar surface area (TPSA) is 63.2 Å². The Balaban J connectivity index is 2.76. The first-order chi connectivity index (χ1) is 8.35. The van der Waals surface area contributed by atoms with Gasteiger partial charge in [-0.2, -0.15) is 0 Å². The highest BCUT2D eigenvalue weighted by atomic mass is 35.5. The van der Waals surface area contributed by atoms with E-state index in [1.165, 1.54) is 24.3 Å². The summed E-state index contributed by atoms with van der Waals surface area (Å²) in [6.07, 6.45) is 0.757. The zero-order valence-electron chi connectivity index (χ0n) is 10.3. The van der Waals surface area contributed by atoms with E-state index in [9.17, 15) is 13.2 Å². The maximum Gasteiger partial charge on any atom is 0.235 e. The van der Waals surface area contributed by atoms with Crippen LogP contribution in [-0.4, -0.2) is 26.1 Å². The molecule has 1 aromatic rings. The van der Waals surface area contributed by atoms with E-state index in [0.29, 0.717) is 5.02 Å². The first-order valence-corrected chi connectivity index (χ1v) is 7.66. The molecule has 0 radical (unpaired) electrons. The van der Waals surface area contributed by atoms with Gasteiger partial charge >= 0.3 is 0 Å². The number of sulfone groups is 1. The Morgan fingerprint density at radius 3 is 2.39 bits per heavy atom. The molecule has 100 valence electrons. The van der Waals surface area contributed by atoms with Crippen LogP contribution in [0.25, 0.3) is 0 Å². The minimum Gasteiger partial charge on any atom is -0.353 e. The Kier molecular flexibility index (Phi) is 5.16. The van der Waals surface area contributed by atoms with Crippen molar-refractivity contribution < 1.29 is 13.2 Å². The Morgan fingerprint density at radius 2 is 1.89 bits per heavy atom. The maximum absolute atomic E-state index is 11.9. The molecular weight excluding hydrogens is 274 g/mol. The molecule has 0 saturated heterocycles. The lowest BCUT2D eigenvalue weighted by Crippen LogP contribution is -2.36. The van der Waals surface area contributed by atoms with Gasteiger partial charge in [-0.05, 0) is 37.6 Å². The number of amides is 1. The van der Waals surface area contributed by atoms with Crippen LogP contribution in [0.2, 0.25) is 5.02 Å². The van der Waals surface area contributed by atoms with Crippen LogP contribution in [0, 0.1) is 0 Å². The third-order valence-corrected chi connectivity index (χ3v) is 4.40. The van der Waals surface area contributed by atoms with Crippen molar-refractivity contribution in [3.05, 3.63) is 29.3 Å². The van der Waals surface area contributed by atoms with Gasteiger partial charge in [-0.1, -0.05) is 18.5 Å². The molecule has 1 N–H and O–H groups in total. The summed E-state index contributed by atoms with van der Waals surface area (Å²) in [6, 6.07) is 5.74. The van der Waals surface area contributed by atoms with Gasteiger partial charge < -0.3 is 5.32 Å². The summed E-state index contributed by atoms with van der Waals surface area (Å²) in [4.78, 5) is 11.7. The second-order valence-electron chi connectivity index (χ2n) is 4.09. The molecule has 1 rings (SSSR count). The van der Waals surface area contributed by atoms with Crippen LogP contribution in [0.15, 0.2) is 29.2 Å². The highest BCUT2D eigenvalue weighted by molar-refractivity contribution is 7.92. The first kappa shape index (κ1) is 15.0. The molecule has 4 nitrogen and oxygen atoms in total. The molecule has 0 aliphatic rings. The summed E-state index contributed by atoms with van der Waals surface area (Å²) >= 11 is 5.68. The van der Waals surface area contributed by atoms with Gasteiger partial charge in [-0.15, -0.1) is 0 Å². The zero-order valence-corrected chi connectivity index (χ0v) is 11.9. The average Bonchev–Trinajstić information content (AvgIpc) is 2.28. The van der Waals surface area contributed by atoms with Crippen molar-refractivity contribution in [2.24, 2.45) is 0 Å². The van der Waals surface area contributed by atoms with Crippen LogP contribution in [-0.2, 0) is 14.6 Å². The van der Waals surface area contributed by atoms with Gasteiger partial charge in [0, 0.05) is 11.1 Å². The highest BCUT2D eigenvalue weighted by Crippen LogP contribution is 2.15. The normalized spacial score (nSPS) is 13.1. The van der Waals surface area contributed by atoms with E-state index in [-0.39, 0.29) is 10.9 Å². The van der Waals surface area contributed by atoms with Gasteiger partial charge in [0.2, 0.25) is 5.91 Å². The van der Waals surface area contributed by atoms with Crippen molar-refractivity contribution in [1.29, 1.82) is 0 Å². The monoisotopic (exact) mass is 289 g/mol. The molecule has 0 fully saturated rings. The van der Waals surface area contributed by atoms with E-state index in [1.807, 2.05) is 13.8 Å². The summed E-state index contributed by atoms with van der Waals surface area (Å²) < 4.78 is 23.8. The summed E-state index contributed by atoms with van der Waals surface area (Å²) in [6.45, 7) is 3.74. The quantitative estimate of drug-likeness (QED) is 0.902. The molecule has 1 amide bonds. The lowest BCUT2D eigenvalue weighted by Gasteiger charge is -2.11. The number of carbonyl (C=O) groups excluding carboxylic acids is 1. The second kappa shape index (κ2) is 6.20. The van der Waals surface area contributed by atoms with Crippen LogP contribution in [0.1, 0.15) is 20.3 Å². The summed E-state index contributed by atoms with van der Waals surface area (Å²) in [7, 11) is -3.60. The number of rotatable bonds is 5. The fourth-order valence-corrected chi connectivity index (χ4v) is 2.59. The Morgan fingerprint density at radius 1 is 1.33 bits per heavy atom. The predicted molar refractivity (Wildman–Crippen MR) is 71.4 cm³/mol. The van der Waals surface area contributed by atoms with Gasteiger partial charge in [0.05, 0.1) is 4.90 Å². The molecule has 0 bridgehead atoms. The molecule has 0 unspecified atom stereocenters. The van der Waals surface area contributed by atoms with E-state index in [2.05, 4.69) is 5.32 Å². The van der Waals surface area contributed by atoms with Crippen molar-refractivity contribution in [3.63, 3.8) is 0 Å². The van der Waals surface area contributed by atoms with Crippen molar-refractivity contribution in [2.45, 2.75) is 31.2 Å². The van der Waals surface area contributed by atoms with Crippen LogP contribution in [0.5, 0.6) is 0 Å². The molecule has 0 aliphatic heterocycles. The van der Waals surface area contributed by atoms with Crippen molar-refractivity contribution in [3.8, 4) is 0 Å². The fourth-order valence-electron chi connectivity index (χ4n) is 1.32. The molecule has 0 spiro atoms. The molecule has 6 heteroatoms. The van der Waals surface area contributed by atoms with Crippen LogP contribution in [0.3, 0.4) is 0 Å². The molecule has 18 heavy (non-hydrogen) atoms. The Hall–Kier alpha value is -1.07. The maximum atomic E-state index is 11.9. The molecule has 1 aromatic carbocycles. The Bertz CT molecular complexity index is 511. The highest BCUT2D eigenvalue weighted by Gasteiger charge is 2.19. The smallest absolute Gasteiger partial charge is 0.235 e. The van der Waals surface area contributed by atoms with Gasteiger partial charge in [0.1, 0.15) is 5.75 Å².